The third-order valence-electron chi connectivity index (χ3n) is 5.30. The van der Waals surface area contributed by atoms with Crippen LogP contribution in [0.15, 0.2) is 17.6 Å². The zero-order chi connectivity index (χ0) is 18.0. The molecule has 0 spiro atoms. The zero-order valence-electron chi connectivity index (χ0n) is 16.6. The fourth-order valence-corrected chi connectivity index (χ4v) is 3.71. The van der Waals surface area contributed by atoms with Gasteiger partial charge in [0.15, 0.2) is 0 Å². The number of nitrogens with two attached hydrogens (primary N) is 1. The molecule has 146 valence electrons. The lowest BCUT2D eigenvalue weighted by molar-refractivity contribution is 0.241. The van der Waals surface area contributed by atoms with E-state index in [2.05, 4.69) is 22.7 Å². The molecule has 0 fully saturated rings. The largest absolute Gasteiger partial charge is 0.329 e. The van der Waals surface area contributed by atoms with Crippen molar-refractivity contribution in [2.45, 2.75) is 102 Å². The Kier molecular flexibility index (Phi) is 15.0. The Balaban J connectivity index is 1.76. The van der Waals surface area contributed by atoms with Gasteiger partial charge in [-0.15, -0.1) is 6.58 Å². The van der Waals surface area contributed by atoms with Crippen LogP contribution in [0.2, 0.25) is 0 Å². The van der Waals surface area contributed by atoms with Gasteiger partial charge in [-0.05, 0) is 25.7 Å². The summed E-state index contributed by atoms with van der Waals surface area (Å²) < 4.78 is 0. The number of allylic oxidation sites excluding steroid dienone is 1. The quantitative estimate of drug-likeness (QED) is 0.255. The van der Waals surface area contributed by atoms with E-state index in [4.69, 9.17) is 5.73 Å². The second-order valence-corrected chi connectivity index (χ2v) is 7.56. The summed E-state index contributed by atoms with van der Waals surface area (Å²) in [5.41, 5.74) is 5.66. The predicted molar refractivity (Wildman–Crippen MR) is 112 cm³/mol. The molecule has 1 rings (SSSR count). The summed E-state index contributed by atoms with van der Waals surface area (Å²) >= 11 is 0. The molecule has 25 heavy (non-hydrogen) atoms. The van der Waals surface area contributed by atoms with Gasteiger partial charge in [-0.2, -0.15) is 0 Å². The molecular formula is C22H43N3. The van der Waals surface area contributed by atoms with Gasteiger partial charge in [-0.3, -0.25) is 9.89 Å². The highest BCUT2D eigenvalue weighted by atomic mass is 15.3. The molecule has 0 aromatic carbocycles. The van der Waals surface area contributed by atoms with Gasteiger partial charge >= 0.3 is 0 Å². The van der Waals surface area contributed by atoms with E-state index in [1.807, 2.05) is 6.08 Å². The van der Waals surface area contributed by atoms with Gasteiger partial charge in [0.05, 0.1) is 0 Å². The van der Waals surface area contributed by atoms with E-state index in [0.29, 0.717) is 6.17 Å². The lowest BCUT2D eigenvalue weighted by Gasteiger charge is -2.21. The third-order valence-corrected chi connectivity index (χ3v) is 5.30. The number of rotatable bonds is 18. The Labute approximate surface area is 157 Å². The first-order chi connectivity index (χ1) is 12.4. The molecule has 3 nitrogen and oxygen atoms in total. The Bertz CT molecular complexity index is 327. The monoisotopic (exact) mass is 349 g/mol. The molecule has 0 saturated carbocycles. The van der Waals surface area contributed by atoms with Gasteiger partial charge in [0, 0.05) is 25.8 Å². The van der Waals surface area contributed by atoms with Gasteiger partial charge in [0.25, 0.3) is 0 Å². The van der Waals surface area contributed by atoms with Crippen molar-refractivity contribution in [3.63, 3.8) is 0 Å². The fourth-order valence-electron chi connectivity index (χ4n) is 3.71. The van der Waals surface area contributed by atoms with E-state index in [-0.39, 0.29) is 0 Å². The fraction of sp³-hybridized carbons (Fsp3) is 0.864. The van der Waals surface area contributed by atoms with Crippen LogP contribution < -0.4 is 5.73 Å². The summed E-state index contributed by atoms with van der Waals surface area (Å²) in [6.45, 7) is 6.50. The molecule has 1 atom stereocenters. The molecule has 0 radical (unpaired) electrons. The lowest BCUT2D eigenvalue weighted by Crippen LogP contribution is -2.34. The average molecular weight is 350 g/mol. The van der Waals surface area contributed by atoms with Crippen LogP contribution >= 0.6 is 0 Å². The van der Waals surface area contributed by atoms with E-state index in [1.165, 1.54) is 96.3 Å². The molecule has 1 unspecified atom stereocenters. The maximum absolute atomic E-state index is 5.66. The molecular weight excluding hydrogens is 306 g/mol. The zero-order valence-corrected chi connectivity index (χ0v) is 16.6. The number of aliphatic imine (C=N–C) groups is 1. The Morgan fingerprint density at radius 3 is 1.92 bits per heavy atom. The van der Waals surface area contributed by atoms with Gasteiger partial charge in [0.1, 0.15) is 6.17 Å². The third kappa shape index (κ3) is 12.3. The van der Waals surface area contributed by atoms with Crippen LogP contribution in [0, 0.1) is 0 Å². The maximum Gasteiger partial charge on any atom is 0.102 e. The molecule has 0 saturated heterocycles. The number of nitrogens with zero attached hydrogens (tertiary/aromatic N) is 2. The normalized spacial score (nSPS) is 17.4. The Hall–Kier alpha value is -0.670. The first kappa shape index (κ1) is 22.4. The molecule has 0 aromatic heterocycles. The summed E-state index contributed by atoms with van der Waals surface area (Å²) in [6, 6.07) is 0. The highest BCUT2D eigenvalue weighted by Gasteiger charge is 2.19. The minimum Gasteiger partial charge on any atom is -0.329 e. The second-order valence-electron chi connectivity index (χ2n) is 7.56. The van der Waals surface area contributed by atoms with Crippen molar-refractivity contribution in [2.24, 2.45) is 10.7 Å². The highest BCUT2D eigenvalue weighted by molar-refractivity contribution is 5.62. The van der Waals surface area contributed by atoms with E-state index >= 15 is 0 Å². The van der Waals surface area contributed by atoms with E-state index in [9.17, 15) is 0 Å². The summed E-state index contributed by atoms with van der Waals surface area (Å²) in [7, 11) is 0. The van der Waals surface area contributed by atoms with Crippen LogP contribution in [0.4, 0.5) is 0 Å². The summed E-state index contributed by atoms with van der Waals surface area (Å²) in [4.78, 5) is 6.98. The van der Waals surface area contributed by atoms with Gasteiger partial charge in [-0.1, -0.05) is 76.7 Å². The van der Waals surface area contributed by atoms with Crippen molar-refractivity contribution < 1.29 is 0 Å². The molecule has 1 heterocycles. The summed E-state index contributed by atoms with van der Waals surface area (Å²) in [5, 5.41) is 0. The van der Waals surface area contributed by atoms with Crippen LogP contribution in [0.1, 0.15) is 96.3 Å². The van der Waals surface area contributed by atoms with Crippen molar-refractivity contribution in [1.29, 1.82) is 0 Å². The molecule has 1 aliphatic rings. The highest BCUT2D eigenvalue weighted by Crippen LogP contribution is 2.16. The van der Waals surface area contributed by atoms with E-state index in [0.717, 1.165) is 19.6 Å². The Morgan fingerprint density at radius 2 is 1.40 bits per heavy atom. The smallest absolute Gasteiger partial charge is 0.102 e. The average Bonchev–Trinajstić information content (AvgIpc) is 3.06. The van der Waals surface area contributed by atoms with Crippen LogP contribution in [-0.2, 0) is 0 Å². The van der Waals surface area contributed by atoms with Gasteiger partial charge < -0.3 is 5.73 Å². The van der Waals surface area contributed by atoms with Crippen molar-refractivity contribution in [3.8, 4) is 0 Å². The van der Waals surface area contributed by atoms with Gasteiger partial charge in [0.2, 0.25) is 0 Å². The minimum absolute atomic E-state index is 0.417. The molecule has 1 aliphatic heterocycles. The van der Waals surface area contributed by atoms with Crippen LogP contribution in [0.25, 0.3) is 0 Å². The van der Waals surface area contributed by atoms with Crippen LogP contribution in [-0.4, -0.2) is 36.9 Å². The molecule has 0 aromatic rings. The predicted octanol–water partition coefficient (Wildman–Crippen LogP) is 5.70. The number of unbranched alkanes of at least 4 members (excludes halogenated alkanes) is 13. The van der Waals surface area contributed by atoms with Crippen molar-refractivity contribution in [2.75, 3.05) is 19.6 Å². The molecule has 0 aliphatic carbocycles. The van der Waals surface area contributed by atoms with Gasteiger partial charge in [-0.25, -0.2) is 0 Å². The molecule has 0 amide bonds. The van der Waals surface area contributed by atoms with E-state index < -0.39 is 0 Å². The summed E-state index contributed by atoms with van der Waals surface area (Å²) in [5.74, 6) is 0. The maximum atomic E-state index is 5.66. The van der Waals surface area contributed by atoms with E-state index in [1.54, 1.807) is 0 Å². The minimum atomic E-state index is 0.417. The standard InChI is InChI=1S/C22H43N3/c1-2-3-4-5-6-7-8-9-10-11-12-13-14-15-16-17-22-24-19-21-25(22)20-18-23/h2,19,22H,1,3-18,20-21,23H2. The Morgan fingerprint density at radius 1 is 0.880 bits per heavy atom. The molecule has 0 bridgehead atoms. The van der Waals surface area contributed by atoms with Crippen molar-refractivity contribution in [3.05, 3.63) is 12.7 Å². The first-order valence-corrected chi connectivity index (χ1v) is 10.9. The number of hydrogen-bond donors (Lipinski definition) is 1. The van der Waals surface area contributed by atoms with Crippen LogP contribution in [0.5, 0.6) is 0 Å². The lowest BCUT2D eigenvalue weighted by atomic mass is 10.0. The summed E-state index contributed by atoms with van der Waals surface area (Å²) in [6.07, 6.45) is 25.2. The topological polar surface area (TPSA) is 41.6 Å². The molecule has 3 heteroatoms. The number of hydrogen-bond acceptors (Lipinski definition) is 3. The first-order valence-electron chi connectivity index (χ1n) is 10.9. The SMILES string of the molecule is C=CCCCCCCCCCCCCCCCC1N=CCN1CCN. The van der Waals surface area contributed by atoms with Crippen molar-refractivity contribution in [1.82, 2.24) is 4.90 Å². The second kappa shape index (κ2) is 16.8. The van der Waals surface area contributed by atoms with Crippen molar-refractivity contribution >= 4 is 6.21 Å². The molecule has 2 N–H and O–H groups in total. The van der Waals surface area contributed by atoms with Crippen LogP contribution in [0.3, 0.4) is 0 Å².